The third-order valence-corrected chi connectivity index (χ3v) is 4.76. The normalized spacial score (nSPS) is 28.1. The van der Waals surface area contributed by atoms with Crippen LogP contribution in [0.3, 0.4) is 0 Å². The van der Waals surface area contributed by atoms with Gasteiger partial charge in [0.25, 0.3) is 0 Å². The lowest BCUT2D eigenvalue weighted by molar-refractivity contribution is 0.0630. The van der Waals surface area contributed by atoms with Gasteiger partial charge in [0.05, 0.1) is 0 Å². The minimum atomic E-state index is 0.453. The Morgan fingerprint density at radius 3 is 2.45 bits per heavy atom. The van der Waals surface area contributed by atoms with E-state index in [1.165, 1.54) is 25.7 Å². The Morgan fingerprint density at radius 1 is 1.20 bits per heavy atom. The molecule has 0 aromatic rings. The van der Waals surface area contributed by atoms with Crippen LogP contribution in [0, 0.1) is 23.2 Å². The van der Waals surface area contributed by atoms with Crippen molar-refractivity contribution in [2.24, 2.45) is 23.2 Å². The van der Waals surface area contributed by atoms with Crippen LogP contribution in [-0.4, -0.2) is 25.8 Å². The summed E-state index contributed by atoms with van der Waals surface area (Å²) in [5, 5.41) is 3.70. The highest BCUT2D eigenvalue weighted by molar-refractivity contribution is 4.88. The van der Waals surface area contributed by atoms with E-state index in [9.17, 15) is 0 Å². The lowest BCUT2D eigenvalue weighted by Gasteiger charge is -2.42. The molecule has 1 rings (SSSR count). The molecule has 20 heavy (non-hydrogen) atoms. The smallest absolute Gasteiger partial charge is 0.0488 e. The molecule has 2 heteroatoms. The summed E-state index contributed by atoms with van der Waals surface area (Å²) in [5.74, 6) is 2.31. The Morgan fingerprint density at radius 2 is 1.90 bits per heavy atom. The minimum absolute atomic E-state index is 0.453. The average Bonchev–Trinajstić information content (AvgIpc) is 2.35. The topological polar surface area (TPSA) is 21.3 Å². The van der Waals surface area contributed by atoms with E-state index in [-0.39, 0.29) is 0 Å². The predicted molar refractivity (Wildman–Crippen MR) is 88.0 cm³/mol. The summed E-state index contributed by atoms with van der Waals surface area (Å²) >= 11 is 0. The molecule has 120 valence electrons. The molecule has 0 aromatic carbocycles. The van der Waals surface area contributed by atoms with E-state index in [0.29, 0.717) is 17.4 Å². The summed E-state index contributed by atoms with van der Waals surface area (Å²) in [6.07, 6.45) is 5.30. The van der Waals surface area contributed by atoms with Crippen molar-refractivity contribution < 1.29 is 4.74 Å². The molecule has 1 N–H and O–H groups in total. The molecule has 0 aliphatic heterocycles. The van der Waals surface area contributed by atoms with Crippen molar-refractivity contribution in [3.63, 3.8) is 0 Å². The number of ether oxygens (including phenoxy) is 1. The Balaban J connectivity index is 2.46. The van der Waals surface area contributed by atoms with Crippen LogP contribution in [0.1, 0.15) is 67.2 Å². The fourth-order valence-corrected chi connectivity index (χ4v) is 3.45. The molecule has 0 spiro atoms. The van der Waals surface area contributed by atoms with Gasteiger partial charge in [-0.3, -0.25) is 0 Å². The van der Waals surface area contributed by atoms with Gasteiger partial charge in [-0.1, -0.05) is 41.5 Å². The van der Waals surface area contributed by atoms with E-state index in [4.69, 9.17) is 4.74 Å². The fraction of sp³-hybridized carbons (Fsp3) is 1.00. The second-order valence-corrected chi connectivity index (χ2v) is 8.06. The van der Waals surface area contributed by atoms with Crippen LogP contribution in [0.25, 0.3) is 0 Å². The van der Waals surface area contributed by atoms with Gasteiger partial charge in [0, 0.05) is 19.3 Å². The van der Waals surface area contributed by atoms with Gasteiger partial charge in [0.2, 0.25) is 0 Å². The monoisotopic (exact) mass is 283 g/mol. The highest BCUT2D eigenvalue weighted by Gasteiger charge is 2.35. The average molecular weight is 284 g/mol. The van der Waals surface area contributed by atoms with Crippen LogP contribution in [0.5, 0.6) is 0 Å². The molecule has 0 amide bonds. The van der Waals surface area contributed by atoms with E-state index >= 15 is 0 Å². The highest BCUT2D eigenvalue weighted by Crippen LogP contribution is 2.41. The van der Waals surface area contributed by atoms with Gasteiger partial charge in [-0.05, 0) is 55.4 Å². The molecule has 3 unspecified atom stereocenters. The molecule has 0 bridgehead atoms. The molecule has 0 radical (unpaired) electrons. The standard InChI is InChI=1S/C18H37NO/c1-7-19-17-9-8-16(18(4,5)6)12-15(17)10-11-20-13-14(2)3/h14-17,19H,7-13H2,1-6H3. The fourth-order valence-electron chi connectivity index (χ4n) is 3.45. The maximum atomic E-state index is 5.82. The zero-order valence-corrected chi connectivity index (χ0v) is 14.7. The van der Waals surface area contributed by atoms with Gasteiger partial charge in [0.15, 0.2) is 0 Å². The SMILES string of the molecule is CCNC1CCC(C(C)(C)C)CC1CCOCC(C)C. The lowest BCUT2D eigenvalue weighted by Crippen LogP contribution is -2.43. The van der Waals surface area contributed by atoms with Crippen LogP contribution in [0.15, 0.2) is 0 Å². The zero-order valence-electron chi connectivity index (χ0n) is 14.7. The number of hydrogen-bond donors (Lipinski definition) is 1. The maximum absolute atomic E-state index is 5.82. The van der Waals surface area contributed by atoms with Crippen LogP contribution >= 0.6 is 0 Å². The summed E-state index contributed by atoms with van der Waals surface area (Å²) in [4.78, 5) is 0. The molecule has 1 aliphatic carbocycles. The molecular weight excluding hydrogens is 246 g/mol. The Labute approximate surface area is 127 Å². The Bertz CT molecular complexity index is 257. The maximum Gasteiger partial charge on any atom is 0.0488 e. The van der Waals surface area contributed by atoms with E-state index in [2.05, 4.69) is 46.9 Å². The third kappa shape index (κ3) is 6.13. The first-order valence-electron chi connectivity index (χ1n) is 8.65. The molecule has 2 nitrogen and oxygen atoms in total. The lowest BCUT2D eigenvalue weighted by atomic mass is 9.67. The Kier molecular flexibility index (Phi) is 7.53. The largest absolute Gasteiger partial charge is 0.381 e. The van der Waals surface area contributed by atoms with Crippen molar-refractivity contribution in [1.29, 1.82) is 0 Å². The van der Waals surface area contributed by atoms with Crippen LogP contribution in [0.2, 0.25) is 0 Å². The van der Waals surface area contributed by atoms with Gasteiger partial charge in [0.1, 0.15) is 0 Å². The summed E-state index contributed by atoms with van der Waals surface area (Å²) in [5.41, 5.74) is 0.453. The summed E-state index contributed by atoms with van der Waals surface area (Å²) in [7, 11) is 0. The highest BCUT2D eigenvalue weighted by atomic mass is 16.5. The van der Waals surface area contributed by atoms with E-state index in [1.807, 2.05) is 0 Å². The van der Waals surface area contributed by atoms with E-state index in [1.54, 1.807) is 0 Å². The first-order chi connectivity index (χ1) is 9.34. The molecule has 1 saturated carbocycles. The summed E-state index contributed by atoms with van der Waals surface area (Å²) in [6.45, 7) is 16.8. The van der Waals surface area contributed by atoms with Crippen molar-refractivity contribution in [3.05, 3.63) is 0 Å². The minimum Gasteiger partial charge on any atom is -0.381 e. The van der Waals surface area contributed by atoms with Crippen molar-refractivity contribution in [1.82, 2.24) is 5.32 Å². The number of hydrogen-bond acceptors (Lipinski definition) is 2. The van der Waals surface area contributed by atoms with Crippen LogP contribution in [0.4, 0.5) is 0 Å². The van der Waals surface area contributed by atoms with Crippen molar-refractivity contribution >= 4 is 0 Å². The predicted octanol–water partition coefficient (Wildman–Crippen LogP) is 4.49. The second kappa shape index (κ2) is 8.38. The van der Waals surface area contributed by atoms with E-state index in [0.717, 1.165) is 31.6 Å². The first kappa shape index (κ1) is 18.0. The van der Waals surface area contributed by atoms with Crippen molar-refractivity contribution in [2.75, 3.05) is 19.8 Å². The van der Waals surface area contributed by atoms with Crippen molar-refractivity contribution in [3.8, 4) is 0 Å². The van der Waals surface area contributed by atoms with Crippen molar-refractivity contribution in [2.45, 2.75) is 73.3 Å². The molecule has 1 aliphatic rings. The van der Waals surface area contributed by atoms with Gasteiger partial charge in [-0.2, -0.15) is 0 Å². The quantitative estimate of drug-likeness (QED) is 0.695. The van der Waals surface area contributed by atoms with Crippen LogP contribution < -0.4 is 5.32 Å². The third-order valence-electron chi connectivity index (χ3n) is 4.76. The van der Waals surface area contributed by atoms with Gasteiger partial charge >= 0.3 is 0 Å². The first-order valence-corrected chi connectivity index (χ1v) is 8.65. The second-order valence-electron chi connectivity index (χ2n) is 8.06. The molecule has 0 heterocycles. The number of rotatable bonds is 7. The molecule has 3 atom stereocenters. The summed E-state index contributed by atoms with van der Waals surface area (Å²) in [6, 6.07) is 0.709. The Hall–Kier alpha value is -0.0800. The molecular formula is C18H37NO. The summed E-state index contributed by atoms with van der Waals surface area (Å²) < 4.78 is 5.82. The van der Waals surface area contributed by atoms with Gasteiger partial charge in [-0.15, -0.1) is 0 Å². The van der Waals surface area contributed by atoms with E-state index < -0.39 is 0 Å². The molecule has 1 fully saturated rings. The molecule has 0 saturated heterocycles. The van der Waals surface area contributed by atoms with Crippen LogP contribution in [-0.2, 0) is 4.74 Å². The zero-order chi connectivity index (χ0) is 15.2. The van der Waals surface area contributed by atoms with Gasteiger partial charge < -0.3 is 10.1 Å². The molecule has 0 aromatic heterocycles. The van der Waals surface area contributed by atoms with Gasteiger partial charge in [-0.25, -0.2) is 0 Å². The number of nitrogens with one attached hydrogen (secondary N) is 1.